The van der Waals surface area contributed by atoms with Gasteiger partial charge in [0.05, 0.1) is 19.3 Å². The van der Waals surface area contributed by atoms with Gasteiger partial charge in [-0.25, -0.2) is 4.98 Å². The molecule has 1 saturated heterocycles. The van der Waals surface area contributed by atoms with Crippen LogP contribution in [0.2, 0.25) is 0 Å². The van der Waals surface area contributed by atoms with Crippen LogP contribution in [0.25, 0.3) is 0 Å². The quantitative estimate of drug-likeness (QED) is 0.785. The van der Waals surface area contributed by atoms with Crippen LogP contribution in [0.15, 0.2) is 35.7 Å². The highest BCUT2D eigenvalue weighted by atomic mass is 16.1. The molecule has 0 bridgehead atoms. The van der Waals surface area contributed by atoms with Crippen molar-refractivity contribution in [3.05, 3.63) is 35.7 Å². The van der Waals surface area contributed by atoms with E-state index in [1.807, 2.05) is 12.3 Å². The van der Waals surface area contributed by atoms with Gasteiger partial charge in [0.2, 0.25) is 0 Å². The fourth-order valence-corrected chi connectivity index (χ4v) is 4.64. The SMILES string of the molecule is C/C(=C1/C(=O)C[C@@H]2[C@H]1C2(C)C)N1CCN(c2cccc[nH+]2)CC1. The number of H-pyrrole nitrogens is 1. The van der Waals surface area contributed by atoms with Gasteiger partial charge >= 0.3 is 0 Å². The average Bonchev–Trinajstić information content (AvgIpc) is 2.92. The number of nitrogens with zero attached hydrogens (tertiary/aromatic N) is 2. The number of anilines is 1. The second kappa shape index (κ2) is 5.08. The fourth-order valence-electron chi connectivity index (χ4n) is 4.64. The number of nitrogens with one attached hydrogen (secondary N) is 1. The highest BCUT2D eigenvalue weighted by Gasteiger charge is 2.65. The molecule has 4 rings (SSSR count). The summed E-state index contributed by atoms with van der Waals surface area (Å²) in [5.41, 5.74) is 2.72. The van der Waals surface area contributed by atoms with E-state index in [0.717, 1.165) is 38.2 Å². The molecular formula is C19H26N3O+. The summed E-state index contributed by atoms with van der Waals surface area (Å²) in [7, 11) is 0. The topological polar surface area (TPSA) is 37.7 Å². The van der Waals surface area contributed by atoms with Crippen molar-refractivity contribution in [2.75, 3.05) is 31.1 Å². The lowest BCUT2D eigenvalue weighted by Crippen LogP contribution is -2.47. The minimum absolute atomic E-state index is 0.339. The van der Waals surface area contributed by atoms with Crippen LogP contribution < -0.4 is 9.88 Å². The van der Waals surface area contributed by atoms with Crippen LogP contribution in [-0.4, -0.2) is 36.9 Å². The standard InChI is InChI=1S/C19H25N3O/c1-13(17-15(23)12-14-18(17)19(14,2)3)21-8-10-22(11-9-21)16-6-4-5-7-20-16/h4-7,14,18H,8-12H2,1-3H3/p+1/b17-13+/t14-,18-/m1/s1. The Morgan fingerprint density at radius 1 is 1.22 bits per heavy atom. The molecule has 23 heavy (non-hydrogen) atoms. The molecule has 1 N–H and O–H groups in total. The molecule has 0 aromatic carbocycles. The average molecular weight is 312 g/mol. The van der Waals surface area contributed by atoms with Gasteiger partial charge in [-0.1, -0.05) is 19.9 Å². The third-order valence-corrected chi connectivity index (χ3v) is 6.24. The van der Waals surface area contributed by atoms with Crippen molar-refractivity contribution in [3.8, 4) is 0 Å². The molecule has 2 atom stereocenters. The predicted molar refractivity (Wildman–Crippen MR) is 89.9 cm³/mol. The minimum Gasteiger partial charge on any atom is -0.367 e. The highest BCUT2D eigenvalue weighted by molar-refractivity contribution is 6.01. The number of fused-ring (bicyclic) bond motifs is 1. The lowest BCUT2D eigenvalue weighted by molar-refractivity contribution is -0.364. The first-order chi connectivity index (χ1) is 11.0. The van der Waals surface area contributed by atoms with Gasteiger partial charge in [0.25, 0.3) is 5.82 Å². The third-order valence-electron chi connectivity index (χ3n) is 6.24. The molecule has 4 nitrogen and oxygen atoms in total. The van der Waals surface area contributed by atoms with Crippen LogP contribution >= 0.6 is 0 Å². The van der Waals surface area contributed by atoms with Crippen molar-refractivity contribution < 1.29 is 9.78 Å². The number of ketones is 1. The number of Topliss-reactive ketones (excluding diaryl/α,β-unsaturated/α-hetero) is 1. The number of allylic oxidation sites excluding steroid dienone is 2. The maximum atomic E-state index is 12.4. The van der Waals surface area contributed by atoms with Gasteiger partial charge in [0, 0.05) is 23.8 Å². The molecule has 3 fully saturated rings. The van der Waals surface area contributed by atoms with Crippen molar-refractivity contribution in [3.63, 3.8) is 0 Å². The van der Waals surface area contributed by atoms with E-state index in [-0.39, 0.29) is 0 Å². The third kappa shape index (κ3) is 2.27. The molecule has 2 aliphatic carbocycles. The second-order valence-corrected chi connectivity index (χ2v) is 7.75. The summed E-state index contributed by atoms with van der Waals surface area (Å²) >= 11 is 0. The van der Waals surface area contributed by atoms with E-state index in [0.29, 0.717) is 23.0 Å². The summed E-state index contributed by atoms with van der Waals surface area (Å²) in [6.45, 7) is 10.8. The summed E-state index contributed by atoms with van der Waals surface area (Å²) < 4.78 is 0. The van der Waals surface area contributed by atoms with Crippen LogP contribution in [0.3, 0.4) is 0 Å². The first-order valence-corrected chi connectivity index (χ1v) is 8.70. The van der Waals surface area contributed by atoms with Gasteiger partial charge in [-0.2, -0.15) is 0 Å². The number of hydrogen-bond donors (Lipinski definition) is 0. The number of carbonyl (C=O) groups excluding carboxylic acids is 1. The van der Waals surface area contributed by atoms with Crippen molar-refractivity contribution in [1.82, 2.24) is 4.90 Å². The summed E-state index contributed by atoms with van der Waals surface area (Å²) in [6.07, 6.45) is 2.74. The molecule has 2 saturated carbocycles. The van der Waals surface area contributed by atoms with Crippen molar-refractivity contribution in [1.29, 1.82) is 0 Å². The highest BCUT2D eigenvalue weighted by Crippen LogP contribution is 2.68. The molecule has 3 aliphatic rings. The van der Waals surface area contributed by atoms with E-state index < -0.39 is 0 Å². The molecule has 4 heteroatoms. The maximum Gasteiger partial charge on any atom is 0.274 e. The summed E-state index contributed by atoms with van der Waals surface area (Å²) in [4.78, 5) is 20.5. The Morgan fingerprint density at radius 2 is 1.96 bits per heavy atom. The van der Waals surface area contributed by atoms with Crippen LogP contribution in [0.5, 0.6) is 0 Å². The number of aromatic amines is 1. The molecule has 1 aliphatic heterocycles. The Labute approximate surface area is 138 Å². The van der Waals surface area contributed by atoms with E-state index in [4.69, 9.17) is 0 Å². The van der Waals surface area contributed by atoms with E-state index in [2.05, 4.69) is 47.7 Å². The Bertz CT molecular complexity index is 656. The number of rotatable bonds is 2. The van der Waals surface area contributed by atoms with Crippen LogP contribution in [0.1, 0.15) is 27.2 Å². The number of piperazine rings is 1. The Balaban J connectivity index is 1.48. The number of hydrogen-bond acceptors (Lipinski definition) is 3. The molecule has 0 radical (unpaired) electrons. The second-order valence-electron chi connectivity index (χ2n) is 7.75. The molecule has 1 aromatic rings. The lowest BCUT2D eigenvalue weighted by Gasteiger charge is -2.34. The Kier molecular flexibility index (Phi) is 3.26. The maximum absolute atomic E-state index is 12.4. The van der Waals surface area contributed by atoms with Crippen LogP contribution in [0.4, 0.5) is 5.82 Å². The Hall–Kier alpha value is -1.84. The molecule has 0 spiro atoms. The van der Waals surface area contributed by atoms with E-state index in [9.17, 15) is 4.79 Å². The predicted octanol–water partition coefficient (Wildman–Crippen LogP) is 2.14. The smallest absolute Gasteiger partial charge is 0.274 e. The number of pyridine rings is 1. The zero-order valence-corrected chi connectivity index (χ0v) is 14.3. The molecular weight excluding hydrogens is 286 g/mol. The monoisotopic (exact) mass is 312 g/mol. The van der Waals surface area contributed by atoms with E-state index >= 15 is 0 Å². The molecule has 1 aromatic heterocycles. The van der Waals surface area contributed by atoms with Gasteiger partial charge in [-0.3, -0.25) is 9.69 Å². The van der Waals surface area contributed by atoms with Crippen LogP contribution in [0, 0.1) is 17.3 Å². The van der Waals surface area contributed by atoms with E-state index in [1.54, 1.807) is 0 Å². The molecule has 122 valence electrons. The zero-order valence-electron chi connectivity index (χ0n) is 14.3. The van der Waals surface area contributed by atoms with Gasteiger partial charge < -0.3 is 4.90 Å². The first kappa shape index (κ1) is 14.7. The van der Waals surface area contributed by atoms with Crippen molar-refractivity contribution in [2.24, 2.45) is 17.3 Å². The van der Waals surface area contributed by atoms with Gasteiger partial charge in [0.15, 0.2) is 5.78 Å². The molecule has 2 heterocycles. The van der Waals surface area contributed by atoms with Crippen LogP contribution in [-0.2, 0) is 4.79 Å². The zero-order chi connectivity index (χ0) is 16.2. The first-order valence-electron chi connectivity index (χ1n) is 8.70. The van der Waals surface area contributed by atoms with Gasteiger partial charge in [-0.15, -0.1) is 0 Å². The molecule has 0 amide bonds. The number of aromatic nitrogens is 1. The number of carbonyl (C=O) groups is 1. The summed E-state index contributed by atoms with van der Waals surface area (Å²) in [6, 6.07) is 6.20. The summed E-state index contributed by atoms with van der Waals surface area (Å²) in [5, 5.41) is 0. The van der Waals surface area contributed by atoms with Gasteiger partial charge in [0.1, 0.15) is 13.1 Å². The van der Waals surface area contributed by atoms with Gasteiger partial charge in [-0.05, 0) is 30.2 Å². The van der Waals surface area contributed by atoms with Crippen molar-refractivity contribution in [2.45, 2.75) is 27.2 Å². The normalized spacial score (nSPS) is 31.2. The van der Waals surface area contributed by atoms with E-state index in [1.165, 1.54) is 11.5 Å². The summed E-state index contributed by atoms with van der Waals surface area (Å²) in [5.74, 6) is 2.68. The largest absolute Gasteiger partial charge is 0.367 e. The Morgan fingerprint density at radius 3 is 2.57 bits per heavy atom. The van der Waals surface area contributed by atoms with Crippen molar-refractivity contribution >= 4 is 11.6 Å². The minimum atomic E-state index is 0.339. The fraction of sp³-hybridized carbons (Fsp3) is 0.579. The lowest BCUT2D eigenvalue weighted by atomic mass is 9.95. The molecule has 0 unspecified atom stereocenters.